The minimum Gasteiger partial charge on any atom is -0.497 e. The molecule has 110 valence electrons. The third kappa shape index (κ3) is 4.15. The molecule has 0 saturated heterocycles. The van der Waals surface area contributed by atoms with Gasteiger partial charge in [0.1, 0.15) is 11.5 Å². The van der Waals surface area contributed by atoms with Crippen LogP contribution < -0.4 is 14.8 Å². The first-order valence-corrected chi connectivity index (χ1v) is 7.30. The van der Waals surface area contributed by atoms with E-state index in [1.54, 1.807) is 14.0 Å². The Hall–Kier alpha value is -1.71. The zero-order chi connectivity index (χ0) is 14.4. The first kappa shape index (κ1) is 14.7. The molecule has 0 spiro atoms. The lowest BCUT2D eigenvalue weighted by Gasteiger charge is -2.24. The van der Waals surface area contributed by atoms with Crippen molar-refractivity contribution < 1.29 is 14.3 Å². The van der Waals surface area contributed by atoms with E-state index < -0.39 is 6.10 Å². The summed E-state index contributed by atoms with van der Waals surface area (Å²) in [5.41, 5.74) is 0. The Morgan fingerprint density at radius 1 is 1.15 bits per heavy atom. The van der Waals surface area contributed by atoms with Gasteiger partial charge in [0, 0.05) is 6.04 Å². The number of hydrogen-bond donors (Lipinski definition) is 1. The summed E-state index contributed by atoms with van der Waals surface area (Å²) < 4.78 is 10.7. The van der Waals surface area contributed by atoms with Crippen molar-refractivity contribution in [2.45, 2.75) is 51.2 Å². The zero-order valence-electron chi connectivity index (χ0n) is 12.2. The molecule has 1 aliphatic rings. The van der Waals surface area contributed by atoms with Gasteiger partial charge in [0.05, 0.1) is 7.11 Å². The quantitative estimate of drug-likeness (QED) is 0.900. The number of rotatable bonds is 5. The van der Waals surface area contributed by atoms with Gasteiger partial charge >= 0.3 is 0 Å². The van der Waals surface area contributed by atoms with Crippen molar-refractivity contribution >= 4 is 5.91 Å². The predicted molar refractivity (Wildman–Crippen MR) is 78.1 cm³/mol. The van der Waals surface area contributed by atoms with Crippen molar-refractivity contribution in [3.05, 3.63) is 24.3 Å². The van der Waals surface area contributed by atoms with Gasteiger partial charge < -0.3 is 14.8 Å². The number of benzene rings is 1. The number of amides is 1. The molecule has 2 rings (SSSR count). The Kier molecular flexibility index (Phi) is 5.27. The third-order valence-corrected chi connectivity index (χ3v) is 3.69. The highest BCUT2D eigenvalue weighted by Crippen LogP contribution is 2.19. The van der Waals surface area contributed by atoms with E-state index in [-0.39, 0.29) is 5.91 Å². The summed E-state index contributed by atoms with van der Waals surface area (Å²) >= 11 is 0. The van der Waals surface area contributed by atoms with Gasteiger partial charge in [-0.15, -0.1) is 0 Å². The summed E-state index contributed by atoms with van der Waals surface area (Å²) in [6.45, 7) is 1.78. The summed E-state index contributed by atoms with van der Waals surface area (Å²) in [5, 5.41) is 3.07. The maximum Gasteiger partial charge on any atom is 0.260 e. The van der Waals surface area contributed by atoms with Gasteiger partial charge in [-0.1, -0.05) is 19.3 Å². The molecule has 1 aromatic rings. The highest BCUT2D eigenvalue weighted by atomic mass is 16.5. The van der Waals surface area contributed by atoms with E-state index in [4.69, 9.17) is 9.47 Å². The summed E-state index contributed by atoms with van der Waals surface area (Å²) in [7, 11) is 1.62. The molecular formula is C16H23NO3. The van der Waals surface area contributed by atoms with Crippen LogP contribution in [0.15, 0.2) is 24.3 Å². The Balaban J connectivity index is 1.83. The van der Waals surface area contributed by atoms with Crippen LogP contribution in [0, 0.1) is 0 Å². The fourth-order valence-corrected chi connectivity index (χ4v) is 2.48. The Morgan fingerprint density at radius 3 is 2.35 bits per heavy atom. The molecule has 0 radical (unpaired) electrons. The highest BCUT2D eigenvalue weighted by molar-refractivity contribution is 5.81. The molecule has 1 atom stereocenters. The van der Waals surface area contributed by atoms with Crippen LogP contribution >= 0.6 is 0 Å². The highest BCUT2D eigenvalue weighted by Gasteiger charge is 2.20. The van der Waals surface area contributed by atoms with Crippen molar-refractivity contribution in [3.8, 4) is 11.5 Å². The number of nitrogens with one attached hydrogen (secondary N) is 1. The monoisotopic (exact) mass is 277 g/mol. The smallest absolute Gasteiger partial charge is 0.260 e. The molecular weight excluding hydrogens is 254 g/mol. The molecule has 0 aromatic heterocycles. The fourth-order valence-electron chi connectivity index (χ4n) is 2.48. The summed E-state index contributed by atoms with van der Waals surface area (Å²) in [6.07, 6.45) is 5.38. The van der Waals surface area contributed by atoms with Crippen LogP contribution in [0.3, 0.4) is 0 Å². The maximum atomic E-state index is 12.1. The van der Waals surface area contributed by atoms with E-state index in [1.807, 2.05) is 24.3 Å². The first-order chi connectivity index (χ1) is 9.69. The Labute approximate surface area is 120 Å². The topological polar surface area (TPSA) is 47.6 Å². The van der Waals surface area contributed by atoms with Crippen molar-refractivity contribution in [3.63, 3.8) is 0 Å². The largest absolute Gasteiger partial charge is 0.497 e. The second-order valence-corrected chi connectivity index (χ2v) is 5.28. The van der Waals surface area contributed by atoms with Crippen molar-refractivity contribution in [2.75, 3.05) is 7.11 Å². The van der Waals surface area contributed by atoms with Gasteiger partial charge in [-0.05, 0) is 44.0 Å². The first-order valence-electron chi connectivity index (χ1n) is 7.30. The van der Waals surface area contributed by atoms with Crippen LogP contribution in [0.4, 0.5) is 0 Å². The van der Waals surface area contributed by atoms with E-state index in [2.05, 4.69) is 5.32 Å². The number of hydrogen-bond acceptors (Lipinski definition) is 3. The van der Waals surface area contributed by atoms with Gasteiger partial charge in [-0.3, -0.25) is 4.79 Å². The van der Waals surface area contributed by atoms with Crippen molar-refractivity contribution in [1.82, 2.24) is 5.32 Å². The second-order valence-electron chi connectivity index (χ2n) is 5.28. The van der Waals surface area contributed by atoms with Gasteiger partial charge in [0.2, 0.25) is 0 Å². The molecule has 4 heteroatoms. The fraction of sp³-hybridized carbons (Fsp3) is 0.562. The molecule has 1 saturated carbocycles. The maximum absolute atomic E-state index is 12.1. The van der Waals surface area contributed by atoms with E-state index in [0.717, 1.165) is 18.6 Å². The molecule has 0 unspecified atom stereocenters. The summed E-state index contributed by atoms with van der Waals surface area (Å²) in [4.78, 5) is 12.1. The number of carbonyl (C=O) groups excluding carboxylic acids is 1. The molecule has 1 aliphatic carbocycles. The van der Waals surface area contributed by atoms with Crippen LogP contribution in [-0.4, -0.2) is 25.2 Å². The Morgan fingerprint density at radius 2 is 1.75 bits per heavy atom. The molecule has 20 heavy (non-hydrogen) atoms. The predicted octanol–water partition coefficient (Wildman–Crippen LogP) is 2.91. The summed E-state index contributed by atoms with van der Waals surface area (Å²) in [5.74, 6) is 1.42. The lowest BCUT2D eigenvalue weighted by molar-refractivity contribution is -0.128. The van der Waals surface area contributed by atoms with Gasteiger partial charge in [-0.2, -0.15) is 0 Å². The summed E-state index contributed by atoms with van der Waals surface area (Å²) in [6, 6.07) is 7.58. The lowest BCUT2D eigenvalue weighted by Crippen LogP contribution is -2.43. The molecule has 0 heterocycles. The Bertz CT molecular complexity index is 424. The van der Waals surface area contributed by atoms with Crippen LogP contribution in [0.2, 0.25) is 0 Å². The number of methoxy groups -OCH3 is 1. The van der Waals surface area contributed by atoms with Crippen LogP contribution in [0.1, 0.15) is 39.0 Å². The number of carbonyl (C=O) groups is 1. The van der Waals surface area contributed by atoms with E-state index in [0.29, 0.717) is 11.8 Å². The number of ether oxygens (including phenoxy) is 2. The zero-order valence-corrected chi connectivity index (χ0v) is 12.2. The molecule has 0 aliphatic heterocycles. The molecule has 1 amide bonds. The molecule has 1 fully saturated rings. The van der Waals surface area contributed by atoms with E-state index in [1.165, 1.54) is 19.3 Å². The molecule has 1 aromatic carbocycles. The van der Waals surface area contributed by atoms with Crippen LogP contribution in [0.5, 0.6) is 11.5 Å². The van der Waals surface area contributed by atoms with E-state index in [9.17, 15) is 4.79 Å². The van der Waals surface area contributed by atoms with E-state index >= 15 is 0 Å². The molecule has 0 bridgehead atoms. The lowest BCUT2D eigenvalue weighted by atomic mass is 9.95. The average molecular weight is 277 g/mol. The minimum absolute atomic E-state index is 0.0345. The second kappa shape index (κ2) is 7.17. The van der Waals surface area contributed by atoms with Gasteiger partial charge in [0.15, 0.2) is 6.10 Å². The SMILES string of the molecule is COc1ccc(O[C@@H](C)C(=O)NC2CCCCC2)cc1. The van der Waals surface area contributed by atoms with Gasteiger partial charge in [-0.25, -0.2) is 0 Å². The standard InChI is InChI=1S/C16H23NO3/c1-12(16(18)17-13-6-4-3-5-7-13)20-15-10-8-14(19-2)9-11-15/h8-13H,3-7H2,1-2H3,(H,17,18)/t12-/m0/s1. The van der Waals surface area contributed by atoms with Gasteiger partial charge in [0.25, 0.3) is 5.91 Å². The molecule has 4 nitrogen and oxygen atoms in total. The average Bonchev–Trinajstić information content (AvgIpc) is 2.49. The molecule has 1 N–H and O–H groups in total. The van der Waals surface area contributed by atoms with Crippen LogP contribution in [0.25, 0.3) is 0 Å². The van der Waals surface area contributed by atoms with Crippen molar-refractivity contribution in [1.29, 1.82) is 0 Å². The van der Waals surface area contributed by atoms with Crippen molar-refractivity contribution in [2.24, 2.45) is 0 Å². The third-order valence-electron chi connectivity index (χ3n) is 3.69. The normalized spacial score (nSPS) is 17.3. The minimum atomic E-state index is -0.481. The van der Waals surface area contributed by atoms with Crippen LogP contribution in [-0.2, 0) is 4.79 Å².